The van der Waals surface area contributed by atoms with E-state index in [-0.39, 0.29) is 5.56 Å². The molecule has 1 aromatic heterocycles. The molecular weight excluding hydrogens is 266 g/mol. The summed E-state index contributed by atoms with van der Waals surface area (Å²) in [5, 5.41) is 20.2. The molecule has 0 aliphatic rings. The number of amides is 1. The molecule has 104 valence electrons. The Hall–Kier alpha value is -2.67. The number of para-hydroxylation sites is 1. The fourth-order valence-corrected chi connectivity index (χ4v) is 1.59. The third-order valence-corrected chi connectivity index (χ3v) is 2.63. The van der Waals surface area contributed by atoms with Gasteiger partial charge in [0.1, 0.15) is 11.1 Å². The lowest BCUT2D eigenvalue weighted by molar-refractivity contribution is -0.146. The van der Waals surface area contributed by atoms with Crippen molar-refractivity contribution in [2.45, 2.75) is 6.10 Å². The van der Waals surface area contributed by atoms with Crippen LogP contribution in [0.1, 0.15) is 10.4 Å². The number of carboxylic acid groups (broad SMARTS) is 1. The normalized spacial score (nSPS) is 12.1. The van der Waals surface area contributed by atoms with Gasteiger partial charge in [0.2, 0.25) is 0 Å². The molecule has 7 heteroatoms. The minimum atomic E-state index is -1.73. The molecule has 0 aliphatic carbocycles. The lowest BCUT2D eigenvalue weighted by atomic mass is 10.2. The molecule has 0 spiro atoms. The Morgan fingerprint density at radius 1 is 1.30 bits per heavy atom. The van der Waals surface area contributed by atoms with E-state index in [4.69, 9.17) is 14.6 Å². The van der Waals surface area contributed by atoms with Gasteiger partial charge in [0.25, 0.3) is 5.91 Å². The highest BCUT2D eigenvalue weighted by molar-refractivity contribution is 5.96. The Balaban J connectivity index is 2.24. The van der Waals surface area contributed by atoms with Gasteiger partial charge in [-0.3, -0.25) is 4.79 Å². The average molecular weight is 277 g/mol. The van der Waals surface area contributed by atoms with Gasteiger partial charge >= 0.3 is 11.6 Å². The van der Waals surface area contributed by atoms with Crippen molar-refractivity contribution < 1.29 is 24.2 Å². The van der Waals surface area contributed by atoms with Crippen LogP contribution in [0, 0.1) is 0 Å². The van der Waals surface area contributed by atoms with Gasteiger partial charge in [-0.1, -0.05) is 18.2 Å². The van der Waals surface area contributed by atoms with Crippen LogP contribution >= 0.6 is 0 Å². The largest absolute Gasteiger partial charge is 0.479 e. The van der Waals surface area contributed by atoms with Crippen molar-refractivity contribution in [2.75, 3.05) is 6.54 Å². The minimum Gasteiger partial charge on any atom is -0.479 e. The first-order valence-corrected chi connectivity index (χ1v) is 5.71. The van der Waals surface area contributed by atoms with Crippen LogP contribution in [0.4, 0.5) is 0 Å². The van der Waals surface area contributed by atoms with E-state index in [9.17, 15) is 14.4 Å². The number of aliphatic hydroxyl groups is 1. The SMILES string of the molecule is O=C(NCC(O)C(=O)O)c1cc2ccccc2oc1=O. The molecule has 2 aromatic rings. The van der Waals surface area contributed by atoms with Crippen LogP contribution in [0.3, 0.4) is 0 Å². The number of carbonyl (C=O) groups is 2. The van der Waals surface area contributed by atoms with Gasteiger partial charge in [-0.25, -0.2) is 9.59 Å². The van der Waals surface area contributed by atoms with Crippen LogP contribution in [0.5, 0.6) is 0 Å². The lowest BCUT2D eigenvalue weighted by Crippen LogP contribution is -2.38. The minimum absolute atomic E-state index is 0.249. The second-order valence-corrected chi connectivity index (χ2v) is 4.05. The predicted molar refractivity (Wildman–Crippen MR) is 68.5 cm³/mol. The van der Waals surface area contributed by atoms with E-state index in [1.54, 1.807) is 24.3 Å². The maximum atomic E-state index is 11.8. The van der Waals surface area contributed by atoms with Gasteiger partial charge in [-0.15, -0.1) is 0 Å². The first-order chi connectivity index (χ1) is 9.49. The number of rotatable bonds is 4. The molecule has 1 aromatic carbocycles. The number of fused-ring (bicyclic) bond motifs is 1. The van der Waals surface area contributed by atoms with E-state index in [1.807, 2.05) is 0 Å². The number of aliphatic hydroxyl groups excluding tert-OH is 1. The summed E-state index contributed by atoms with van der Waals surface area (Å²) in [5.74, 6) is -2.26. The standard InChI is InChI=1S/C13H11NO6/c15-9(12(17)18)6-14-11(16)8-5-7-3-1-2-4-10(7)20-13(8)19/h1-5,9,15H,6H2,(H,14,16)(H,17,18). The number of hydrogen-bond acceptors (Lipinski definition) is 5. The molecule has 0 fully saturated rings. The first kappa shape index (κ1) is 13.8. The van der Waals surface area contributed by atoms with E-state index >= 15 is 0 Å². The summed E-state index contributed by atoms with van der Waals surface area (Å²) in [5.41, 5.74) is -0.730. The van der Waals surface area contributed by atoms with E-state index in [2.05, 4.69) is 5.32 Å². The van der Waals surface area contributed by atoms with Crippen LogP contribution < -0.4 is 10.9 Å². The number of carbonyl (C=O) groups excluding carboxylic acids is 1. The number of benzene rings is 1. The maximum Gasteiger partial charge on any atom is 0.349 e. The quantitative estimate of drug-likeness (QED) is 0.675. The van der Waals surface area contributed by atoms with Gasteiger partial charge in [0.15, 0.2) is 6.10 Å². The molecule has 0 radical (unpaired) electrons. The van der Waals surface area contributed by atoms with E-state index < -0.39 is 30.2 Å². The summed E-state index contributed by atoms with van der Waals surface area (Å²) in [6.45, 7) is -0.500. The zero-order valence-corrected chi connectivity index (χ0v) is 10.2. The molecular formula is C13H11NO6. The topological polar surface area (TPSA) is 117 Å². The Bertz CT molecular complexity index is 720. The summed E-state index contributed by atoms with van der Waals surface area (Å²) in [6, 6.07) is 8.02. The molecule has 2 rings (SSSR count). The first-order valence-electron chi connectivity index (χ1n) is 5.71. The Morgan fingerprint density at radius 3 is 2.70 bits per heavy atom. The zero-order valence-electron chi connectivity index (χ0n) is 10.2. The van der Waals surface area contributed by atoms with Crippen molar-refractivity contribution >= 4 is 22.8 Å². The van der Waals surface area contributed by atoms with Crippen molar-refractivity contribution in [3.05, 3.63) is 46.3 Å². The molecule has 20 heavy (non-hydrogen) atoms. The third kappa shape index (κ3) is 2.83. The Morgan fingerprint density at radius 2 is 2.00 bits per heavy atom. The van der Waals surface area contributed by atoms with Gasteiger partial charge in [-0.05, 0) is 12.1 Å². The molecule has 1 unspecified atom stereocenters. The van der Waals surface area contributed by atoms with Crippen molar-refractivity contribution in [1.82, 2.24) is 5.32 Å². The highest BCUT2D eigenvalue weighted by Crippen LogP contribution is 2.12. The average Bonchev–Trinajstić information content (AvgIpc) is 2.43. The van der Waals surface area contributed by atoms with Crippen molar-refractivity contribution in [2.24, 2.45) is 0 Å². The third-order valence-electron chi connectivity index (χ3n) is 2.63. The van der Waals surface area contributed by atoms with E-state index in [1.165, 1.54) is 6.07 Å². The maximum absolute atomic E-state index is 11.8. The molecule has 0 saturated carbocycles. The van der Waals surface area contributed by atoms with Gasteiger partial charge in [0.05, 0.1) is 6.54 Å². The zero-order chi connectivity index (χ0) is 14.7. The van der Waals surface area contributed by atoms with Crippen molar-refractivity contribution in [1.29, 1.82) is 0 Å². The number of aliphatic carboxylic acids is 1. The highest BCUT2D eigenvalue weighted by Gasteiger charge is 2.17. The summed E-state index contributed by atoms with van der Waals surface area (Å²) in [4.78, 5) is 33.8. The van der Waals surface area contributed by atoms with Crippen LogP contribution in [0.25, 0.3) is 11.0 Å². The molecule has 0 saturated heterocycles. The van der Waals surface area contributed by atoms with Crippen molar-refractivity contribution in [3.8, 4) is 0 Å². The molecule has 1 heterocycles. The summed E-state index contributed by atoms with van der Waals surface area (Å²) in [7, 11) is 0. The number of carboxylic acids is 1. The Kier molecular flexibility index (Phi) is 3.81. The molecule has 1 amide bonds. The molecule has 0 aliphatic heterocycles. The second-order valence-electron chi connectivity index (χ2n) is 4.05. The molecule has 0 bridgehead atoms. The van der Waals surface area contributed by atoms with Gasteiger partial charge in [-0.2, -0.15) is 0 Å². The van der Waals surface area contributed by atoms with Crippen LogP contribution in [0.2, 0.25) is 0 Å². The molecule has 1 atom stereocenters. The Labute approximate surface area is 112 Å². The fraction of sp³-hybridized carbons (Fsp3) is 0.154. The van der Waals surface area contributed by atoms with Gasteiger partial charge < -0.3 is 19.9 Å². The summed E-state index contributed by atoms with van der Waals surface area (Å²) >= 11 is 0. The fourth-order valence-electron chi connectivity index (χ4n) is 1.59. The number of hydrogen-bond donors (Lipinski definition) is 3. The lowest BCUT2D eigenvalue weighted by Gasteiger charge is -2.07. The van der Waals surface area contributed by atoms with E-state index in [0.29, 0.717) is 11.0 Å². The van der Waals surface area contributed by atoms with Gasteiger partial charge in [0, 0.05) is 5.39 Å². The van der Waals surface area contributed by atoms with E-state index in [0.717, 1.165) is 0 Å². The summed E-state index contributed by atoms with van der Waals surface area (Å²) in [6.07, 6.45) is -1.73. The van der Waals surface area contributed by atoms with Crippen LogP contribution in [-0.2, 0) is 4.79 Å². The second kappa shape index (κ2) is 5.54. The number of nitrogens with one attached hydrogen (secondary N) is 1. The molecule has 3 N–H and O–H groups in total. The van der Waals surface area contributed by atoms with Crippen molar-refractivity contribution in [3.63, 3.8) is 0 Å². The summed E-state index contributed by atoms with van der Waals surface area (Å²) < 4.78 is 4.97. The predicted octanol–water partition coefficient (Wildman–Crippen LogP) is -0.0317. The molecule has 7 nitrogen and oxygen atoms in total. The smallest absolute Gasteiger partial charge is 0.349 e. The van der Waals surface area contributed by atoms with Crippen LogP contribution in [-0.4, -0.2) is 34.7 Å². The monoisotopic (exact) mass is 277 g/mol. The highest BCUT2D eigenvalue weighted by atomic mass is 16.4. The van der Waals surface area contributed by atoms with Crippen LogP contribution in [0.15, 0.2) is 39.5 Å².